The van der Waals surface area contributed by atoms with E-state index in [1.807, 2.05) is 80.3 Å². The van der Waals surface area contributed by atoms with Gasteiger partial charge in [0.05, 0.1) is 18.2 Å². The molecule has 0 unspecified atom stereocenters. The van der Waals surface area contributed by atoms with Gasteiger partial charge in [-0.1, -0.05) is 48.0 Å². The molecule has 8 nitrogen and oxygen atoms in total. The predicted molar refractivity (Wildman–Crippen MR) is 142 cm³/mol. The van der Waals surface area contributed by atoms with E-state index in [0.29, 0.717) is 49.6 Å². The van der Waals surface area contributed by atoms with E-state index < -0.39 is 12.0 Å². The first-order valence-electron chi connectivity index (χ1n) is 13.0. The first-order chi connectivity index (χ1) is 17.8. The number of rotatable bonds is 7. The molecule has 2 aromatic rings. The summed E-state index contributed by atoms with van der Waals surface area (Å²) < 4.78 is 5.46. The Bertz CT molecular complexity index is 1160. The Morgan fingerprint density at radius 2 is 1.73 bits per heavy atom. The van der Waals surface area contributed by atoms with Crippen LogP contribution in [0.2, 0.25) is 0 Å². The first-order valence-corrected chi connectivity index (χ1v) is 13.0. The van der Waals surface area contributed by atoms with Crippen LogP contribution in [0.1, 0.15) is 48.3 Å². The number of hydrogen-bond acceptors (Lipinski definition) is 5. The lowest BCUT2D eigenvalue weighted by atomic mass is 9.94. The number of piperazine rings is 1. The summed E-state index contributed by atoms with van der Waals surface area (Å²) in [6, 6.07) is 16.3. The van der Waals surface area contributed by atoms with Crippen LogP contribution < -0.4 is 5.32 Å². The van der Waals surface area contributed by atoms with Gasteiger partial charge in [-0.05, 0) is 45.4 Å². The van der Waals surface area contributed by atoms with E-state index >= 15 is 0 Å². The maximum Gasteiger partial charge on any atom is 0.338 e. The number of carbonyl (C=O) groups is 3. The molecule has 8 heteroatoms. The predicted octanol–water partition coefficient (Wildman–Crippen LogP) is 3.74. The van der Waals surface area contributed by atoms with Crippen molar-refractivity contribution in [1.82, 2.24) is 20.0 Å². The Morgan fingerprint density at radius 3 is 2.35 bits per heavy atom. The second-order valence-electron chi connectivity index (χ2n) is 9.57. The van der Waals surface area contributed by atoms with Gasteiger partial charge in [0.1, 0.15) is 0 Å². The van der Waals surface area contributed by atoms with E-state index in [0.717, 1.165) is 11.1 Å². The number of esters is 1. The lowest BCUT2D eigenvalue weighted by molar-refractivity contribution is -0.139. The lowest BCUT2D eigenvalue weighted by Crippen LogP contribution is -2.56. The fourth-order valence-corrected chi connectivity index (χ4v) is 5.11. The number of amides is 3. The highest BCUT2D eigenvalue weighted by Gasteiger charge is 2.39. The molecule has 0 aliphatic carbocycles. The van der Waals surface area contributed by atoms with Crippen LogP contribution in [-0.4, -0.2) is 78.0 Å². The molecule has 2 heterocycles. The third-order valence-corrected chi connectivity index (χ3v) is 7.03. The number of likely N-dealkylation sites (N-methyl/N-ethyl adjacent to an activating group) is 1. The third-order valence-electron chi connectivity index (χ3n) is 7.03. The molecule has 3 amide bonds. The third kappa shape index (κ3) is 5.69. The maximum atomic E-state index is 13.3. The average molecular weight is 505 g/mol. The fraction of sp³-hybridized carbons (Fsp3) is 0.414. The Labute approximate surface area is 218 Å². The van der Waals surface area contributed by atoms with Crippen molar-refractivity contribution in [3.05, 3.63) is 82.6 Å². The summed E-state index contributed by atoms with van der Waals surface area (Å²) in [5, 5.41) is 3.00. The van der Waals surface area contributed by atoms with Crippen LogP contribution >= 0.6 is 0 Å². The number of nitrogens with zero attached hydrogens (tertiary/aromatic N) is 3. The van der Waals surface area contributed by atoms with E-state index in [2.05, 4.69) is 10.2 Å². The van der Waals surface area contributed by atoms with E-state index in [1.165, 1.54) is 0 Å². The van der Waals surface area contributed by atoms with E-state index in [1.54, 1.807) is 11.8 Å². The van der Waals surface area contributed by atoms with Crippen LogP contribution in [0.15, 0.2) is 65.9 Å². The Kier molecular flexibility index (Phi) is 8.28. The van der Waals surface area contributed by atoms with E-state index in [-0.39, 0.29) is 24.6 Å². The molecule has 0 bridgehead atoms. The Morgan fingerprint density at radius 1 is 1.03 bits per heavy atom. The highest BCUT2D eigenvalue weighted by molar-refractivity contribution is 5.95. The van der Waals surface area contributed by atoms with Gasteiger partial charge < -0.3 is 15.0 Å². The van der Waals surface area contributed by atoms with Crippen molar-refractivity contribution < 1.29 is 19.1 Å². The molecule has 4 rings (SSSR count). The van der Waals surface area contributed by atoms with Gasteiger partial charge in [-0.15, -0.1) is 0 Å². The summed E-state index contributed by atoms with van der Waals surface area (Å²) in [5.41, 5.74) is 3.74. The number of ether oxygens (including phenoxy) is 1. The Hall–Kier alpha value is -3.65. The zero-order valence-electron chi connectivity index (χ0n) is 22.1. The summed E-state index contributed by atoms with van der Waals surface area (Å²) in [6.45, 7) is 10.6. The summed E-state index contributed by atoms with van der Waals surface area (Å²) in [7, 11) is 0. The number of benzene rings is 2. The second kappa shape index (κ2) is 11.6. The van der Waals surface area contributed by atoms with E-state index in [9.17, 15) is 14.4 Å². The van der Waals surface area contributed by atoms with Crippen LogP contribution in [0.4, 0.5) is 4.79 Å². The highest BCUT2D eigenvalue weighted by Crippen LogP contribution is 2.32. The Balaban J connectivity index is 1.61. The molecule has 1 saturated heterocycles. The van der Waals surface area contributed by atoms with Gasteiger partial charge in [0.2, 0.25) is 0 Å². The molecule has 0 spiro atoms. The van der Waals surface area contributed by atoms with Crippen molar-refractivity contribution in [3.8, 4) is 0 Å². The molecule has 0 radical (unpaired) electrons. The van der Waals surface area contributed by atoms with Crippen molar-refractivity contribution in [2.24, 2.45) is 0 Å². The SMILES string of the molecule is CCOC(=O)C1=C(CN2CCN(C(=O)c3ccc(C)cc3)[C@@H](C)C2)N(CC)C(=O)N[C@H]1c1ccccc1. The van der Waals surface area contributed by atoms with Crippen molar-refractivity contribution in [3.63, 3.8) is 0 Å². The number of hydrogen-bond donors (Lipinski definition) is 1. The topological polar surface area (TPSA) is 82.2 Å². The molecule has 0 aromatic heterocycles. The summed E-state index contributed by atoms with van der Waals surface area (Å²) in [4.78, 5) is 45.3. The summed E-state index contributed by atoms with van der Waals surface area (Å²) in [5.74, 6) is -0.402. The van der Waals surface area contributed by atoms with Gasteiger partial charge in [-0.3, -0.25) is 14.6 Å². The van der Waals surface area contributed by atoms with Crippen LogP contribution in [-0.2, 0) is 9.53 Å². The minimum atomic E-state index is -0.590. The van der Waals surface area contributed by atoms with Gasteiger partial charge in [0.15, 0.2) is 0 Å². The molecular formula is C29H36N4O4. The standard InChI is InChI=1S/C29H36N4O4/c1-5-32-24(25(28(35)37-6-2)26(30-29(32)36)22-10-8-7-9-11-22)19-31-16-17-33(21(4)18-31)27(34)23-14-12-20(3)13-15-23/h7-15,21,26H,5-6,16-19H2,1-4H3,(H,30,36)/t21-,26-/m0/s1. The van der Waals surface area contributed by atoms with Gasteiger partial charge in [0, 0.05) is 50.0 Å². The largest absolute Gasteiger partial charge is 0.463 e. The van der Waals surface area contributed by atoms with Crippen molar-refractivity contribution in [1.29, 1.82) is 0 Å². The second-order valence-corrected chi connectivity index (χ2v) is 9.57. The lowest BCUT2D eigenvalue weighted by Gasteiger charge is -2.43. The molecule has 37 heavy (non-hydrogen) atoms. The number of urea groups is 1. The number of aryl methyl sites for hydroxylation is 1. The van der Waals surface area contributed by atoms with Crippen molar-refractivity contribution in [2.45, 2.75) is 39.8 Å². The molecule has 2 aromatic carbocycles. The quantitative estimate of drug-likeness (QED) is 0.581. The van der Waals surface area contributed by atoms with E-state index in [4.69, 9.17) is 4.74 Å². The van der Waals surface area contributed by atoms with Crippen LogP contribution in [0.25, 0.3) is 0 Å². The maximum absolute atomic E-state index is 13.3. The molecule has 1 N–H and O–H groups in total. The van der Waals surface area contributed by atoms with Gasteiger partial charge in [0.25, 0.3) is 5.91 Å². The van der Waals surface area contributed by atoms with Gasteiger partial charge in [-0.25, -0.2) is 9.59 Å². The minimum Gasteiger partial charge on any atom is -0.463 e. The number of carbonyl (C=O) groups excluding carboxylic acids is 3. The molecule has 2 aliphatic rings. The normalized spacial score (nSPS) is 20.6. The average Bonchev–Trinajstić information content (AvgIpc) is 2.89. The van der Waals surface area contributed by atoms with Gasteiger partial charge >= 0.3 is 12.0 Å². The molecule has 2 atom stereocenters. The van der Waals surface area contributed by atoms with Crippen molar-refractivity contribution >= 4 is 17.9 Å². The molecule has 0 saturated carbocycles. The monoisotopic (exact) mass is 504 g/mol. The van der Waals surface area contributed by atoms with Crippen LogP contribution in [0, 0.1) is 6.92 Å². The molecule has 196 valence electrons. The van der Waals surface area contributed by atoms with Crippen LogP contribution in [0.3, 0.4) is 0 Å². The highest BCUT2D eigenvalue weighted by atomic mass is 16.5. The molecule has 1 fully saturated rings. The number of nitrogens with one attached hydrogen (secondary N) is 1. The molecular weight excluding hydrogens is 468 g/mol. The zero-order chi connectivity index (χ0) is 26.5. The minimum absolute atomic E-state index is 0.0217. The fourth-order valence-electron chi connectivity index (χ4n) is 5.11. The smallest absolute Gasteiger partial charge is 0.338 e. The van der Waals surface area contributed by atoms with Crippen molar-refractivity contribution in [2.75, 3.05) is 39.3 Å². The van der Waals surface area contributed by atoms with Gasteiger partial charge in [-0.2, -0.15) is 0 Å². The zero-order valence-corrected chi connectivity index (χ0v) is 22.1. The summed E-state index contributed by atoms with van der Waals surface area (Å²) >= 11 is 0. The van der Waals surface area contributed by atoms with Crippen LogP contribution in [0.5, 0.6) is 0 Å². The first kappa shape index (κ1) is 26.4. The summed E-state index contributed by atoms with van der Waals surface area (Å²) in [6.07, 6.45) is 0. The molecule has 2 aliphatic heterocycles.